The Morgan fingerprint density at radius 2 is 2.00 bits per heavy atom. The van der Waals surface area contributed by atoms with Gasteiger partial charge in [-0.25, -0.2) is 0 Å². The lowest BCUT2D eigenvalue weighted by atomic mass is 10.3. The number of carbonyl (C=O) groups excluding carboxylic acids is 2. The molecule has 0 unspecified atom stereocenters. The maximum absolute atomic E-state index is 11.5. The third kappa shape index (κ3) is 4.47. The van der Waals surface area contributed by atoms with Crippen LogP contribution in [0, 0.1) is 0 Å². The largest absolute Gasteiger partial charge is 0.444 e. The third-order valence-corrected chi connectivity index (χ3v) is 2.44. The molecular weight excluding hydrogens is 308 g/mol. The number of halogens is 1. The first-order valence-corrected chi connectivity index (χ1v) is 5.90. The van der Waals surface area contributed by atoms with E-state index in [4.69, 9.17) is 14.6 Å². The fraction of sp³-hybridized carbons (Fsp3) is 0.400. The summed E-state index contributed by atoms with van der Waals surface area (Å²) >= 11 is 3.05. The zero-order valence-corrected chi connectivity index (χ0v) is 10.9. The van der Waals surface area contributed by atoms with Crippen LogP contribution >= 0.6 is 15.9 Å². The standard InChI is InChI=1S/C10H13BrN2O5/c11-8-2-1-7(18-8)10(17)12-3-9(16)13-6(4-14)5-15/h1-2,6,14-15H,3-5H2,(H,12,17)(H,13,16). The molecule has 1 aromatic rings. The minimum Gasteiger partial charge on any atom is -0.444 e. The van der Waals surface area contributed by atoms with Crippen molar-refractivity contribution in [1.29, 1.82) is 0 Å². The smallest absolute Gasteiger partial charge is 0.287 e. The molecule has 0 aliphatic carbocycles. The van der Waals surface area contributed by atoms with Gasteiger partial charge in [0.25, 0.3) is 5.91 Å². The van der Waals surface area contributed by atoms with Gasteiger partial charge in [-0.15, -0.1) is 0 Å². The number of amides is 2. The highest BCUT2D eigenvalue weighted by atomic mass is 79.9. The second kappa shape index (κ2) is 7.14. The molecule has 1 aromatic heterocycles. The number of aliphatic hydroxyl groups is 2. The van der Waals surface area contributed by atoms with E-state index < -0.39 is 17.9 Å². The molecule has 0 aliphatic rings. The van der Waals surface area contributed by atoms with Crippen LogP contribution in [0.2, 0.25) is 0 Å². The zero-order chi connectivity index (χ0) is 13.5. The maximum Gasteiger partial charge on any atom is 0.287 e. The van der Waals surface area contributed by atoms with Gasteiger partial charge in [0.1, 0.15) is 0 Å². The summed E-state index contributed by atoms with van der Waals surface area (Å²) in [6, 6.07) is 2.29. The van der Waals surface area contributed by atoms with E-state index in [0.717, 1.165) is 0 Å². The van der Waals surface area contributed by atoms with Crippen LogP contribution < -0.4 is 10.6 Å². The van der Waals surface area contributed by atoms with Crippen molar-refractivity contribution in [3.8, 4) is 0 Å². The highest BCUT2D eigenvalue weighted by Crippen LogP contribution is 2.13. The summed E-state index contributed by atoms with van der Waals surface area (Å²) in [5, 5.41) is 22.2. The monoisotopic (exact) mass is 320 g/mol. The summed E-state index contributed by atoms with van der Waals surface area (Å²) in [5.74, 6) is -0.960. The van der Waals surface area contributed by atoms with Gasteiger partial charge >= 0.3 is 0 Å². The molecule has 0 saturated carbocycles. The van der Waals surface area contributed by atoms with Gasteiger partial charge in [0.15, 0.2) is 10.4 Å². The van der Waals surface area contributed by atoms with Crippen molar-refractivity contribution < 1.29 is 24.2 Å². The lowest BCUT2D eigenvalue weighted by Gasteiger charge is -2.13. The normalized spacial score (nSPS) is 10.4. The second-order valence-electron chi connectivity index (χ2n) is 3.42. The van der Waals surface area contributed by atoms with Crippen LogP contribution in [-0.2, 0) is 4.79 Å². The van der Waals surface area contributed by atoms with Crippen LogP contribution in [0.1, 0.15) is 10.6 Å². The van der Waals surface area contributed by atoms with E-state index >= 15 is 0 Å². The summed E-state index contributed by atoms with van der Waals surface area (Å²) in [7, 11) is 0. The van der Waals surface area contributed by atoms with Gasteiger partial charge in [-0.2, -0.15) is 0 Å². The van der Waals surface area contributed by atoms with Crippen LogP contribution in [0.3, 0.4) is 0 Å². The first kappa shape index (κ1) is 14.7. The van der Waals surface area contributed by atoms with Gasteiger partial charge in [-0.3, -0.25) is 9.59 Å². The van der Waals surface area contributed by atoms with Gasteiger partial charge in [-0.1, -0.05) is 0 Å². The molecule has 4 N–H and O–H groups in total. The fourth-order valence-corrected chi connectivity index (χ4v) is 1.42. The van der Waals surface area contributed by atoms with Crippen molar-refractivity contribution in [3.05, 3.63) is 22.6 Å². The van der Waals surface area contributed by atoms with Crippen LogP contribution in [0.25, 0.3) is 0 Å². The minimum atomic E-state index is -0.729. The quantitative estimate of drug-likeness (QED) is 0.550. The van der Waals surface area contributed by atoms with Crippen molar-refractivity contribution in [1.82, 2.24) is 10.6 Å². The summed E-state index contributed by atoms with van der Waals surface area (Å²) in [6.45, 7) is -1.02. The Morgan fingerprint density at radius 3 is 2.50 bits per heavy atom. The Morgan fingerprint density at radius 1 is 1.33 bits per heavy atom. The van der Waals surface area contributed by atoms with Gasteiger partial charge in [-0.05, 0) is 28.1 Å². The Kier molecular flexibility index (Phi) is 5.83. The first-order valence-electron chi connectivity index (χ1n) is 5.11. The zero-order valence-electron chi connectivity index (χ0n) is 9.35. The summed E-state index contributed by atoms with van der Waals surface area (Å²) < 4.78 is 5.41. The molecule has 0 aliphatic heterocycles. The van der Waals surface area contributed by atoms with Crippen molar-refractivity contribution in [3.63, 3.8) is 0 Å². The lowest BCUT2D eigenvalue weighted by Crippen LogP contribution is -2.45. The molecule has 0 aromatic carbocycles. The fourth-order valence-electron chi connectivity index (χ4n) is 1.11. The predicted molar refractivity (Wildman–Crippen MR) is 64.8 cm³/mol. The number of carbonyl (C=O) groups is 2. The average Bonchev–Trinajstić information content (AvgIpc) is 2.79. The lowest BCUT2D eigenvalue weighted by molar-refractivity contribution is -0.121. The van der Waals surface area contributed by atoms with E-state index in [1.54, 1.807) is 6.07 Å². The molecular formula is C10H13BrN2O5. The maximum atomic E-state index is 11.5. The Balaban J connectivity index is 2.36. The van der Waals surface area contributed by atoms with Crippen molar-refractivity contribution in [2.45, 2.75) is 6.04 Å². The number of furan rings is 1. The first-order chi connectivity index (χ1) is 8.56. The summed E-state index contributed by atoms with van der Waals surface area (Å²) in [6.07, 6.45) is 0. The highest BCUT2D eigenvalue weighted by Gasteiger charge is 2.13. The number of rotatable bonds is 6. The Bertz CT molecular complexity index is 416. The highest BCUT2D eigenvalue weighted by molar-refractivity contribution is 9.10. The SMILES string of the molecule is O=C(CNC(=O)c1ccc(Br)o1)NC(CO)CO. The van der Waals surface area contributed by atoms with Crippen LogP contribution in [-0.4, -0.2) is 47.8 Å². The van der Waals surface area contributed by atoms with E-state index in [-0.39, 0.29) is 25.5 Å². The van der Waals surface area contributed by atoms with Crippen LogP contribution in [0.4, 0.5) is 0 Å². The molecule has 100 valence electrons. The predicted octanol–water partition coefficient (Wildman–Crippen LogP) is -0.759. The number of hydrogen-bond donors (Lipinski definition) is 4. The Labute approximate surface area is 111 Å². The second-order valence-corrected chi connectivity index (χ2v) is 4.20. The van der Waals surface area contributed by atoms with Crippen molar-refractivity contribution in [2.24, 2.45) is 0 Å². The molecule has 7 nitrogen and oxygen atoms in total. The average molecular weight is 321 g/mol. The van der Waals surface area contributed by atoms with Gasteiger partial charge < -0.3 is 25.3 Å². The topological polar surface area (TPSA) is 112 Å². The molecule has 0 saturated heterocycles. The molecule has 18 heavy (non-hydrogen) atoms. The Hall–Kier alpha value is -1.38. The molecule has 0 atom stereocenters. The van der Waals surface area contributed by atoms with E-state index in [1.165, 1.54) is 6.07 Å². The molecule has 2 amide bonds. The molecule has 0 radical (unpaired) electrons. The minimum absolute atomic E-state index is 0.0792. The van der Waals surface area contributed by atoms with Crippen LogP contribution in [0.5, 0.6) is 0 Å². The van der Waals surface area contributed by atoms with Gasteiger partial charge in [0.05, 0.1) is 25.8 Å². The number of hydrogen-bond acceptors (Lipinski definition) is 5. The number of aliphatic hydroxyl groups excluding tert-OH is 2. The molecule has 0 spiro atoms. The van der Waals surface area contributed by atoms with Gasteiger partial charge in [0, 0.05) is 0 Å². The van der Waals surface area contributed by atoms with E-state index in [0.29, 0.717) is 4.67 Å². The van der Waals surface area contributed by atoms with E-state index in [2.05, 4.69) is 26.6 Å². The summed E-state index contributed by atoms with van der Waals surface area (Å²) in [4.78, 5) is 22.8. The molecule has 0 bridgehead atoms. The van der Waals surface area contributed by atoms with Crippen molar-refractivity contribution >= 4 is 27.7 Å². The third-order valence-electron chi connectivity index (χ3n) is 2.01. The van der Waals surface area contributed by atoms with Gasteiger partial charge in [0.2, 0.25) is 5.91 Å². The van der Waals surface area contributed by atoms with E-state index in [1.807, 2.05) is 0 Å². The molecule has 1 heterocycles. The molecule has 1 rings (SSSR count). The molecule has 8 heteroatoms. The van der Waals surface area contributed by atoms with E-state index in [9.17, 15) is 9.59 Å². The van der Waals surface area contributed by atoms with Crippen molar-refractivity contribution in [2.75, 3.05) is 19.8 Å². The summed E-state index contributed by atoms with van der Waals surface area (Å²) in [5.41, 5.74) is 0. The molecule has 0 fully saturated rings. The van der Waals surface area contributed by atoms with Crippen LogP contribution in [0.15, 0.2) is 21.2 Å². The number of nitrogens with one attached hydrogen (secondary N) is 2.